The van der Waals surface area contributed by atoms with Crippen LogP contribution in [0.15, 0.2) is 18.3 Å². The number of nitrogens with zero attached hydrogens (tertiary/aromatic N) is 1. The number of hydrogen-bond donors (Lipinski definition) is 2. The third-order valence-electron chi connectivity index (χ3n) is 2.92. The Labute approximate surface area is 107 Å². The van der Waals surface area contributed by atoms with Gasteiger partial charge in [-0.15, -0.1) is 0 Å². The number of piperidine rings is 1. The van der Waals surface area contributed by atoms with E-state index < -0.39 is 0 Å². The molecule has 1 aliphatic heterocycles. The van der Waals surface area contributed by atoms with Gasteiger partial charge in [0, 0.05) is 18.8 Å². The normalized spacial score (nSPS) is 19.3. The second-order valence-electron chi connectivity index (χ2n) is 4.34. The summed E-state index contributed by atoms with van der Waals surface area (Å²) in [7, 11) is 0. The van der Waals surface area contributed by atoms with Crippen molar-refractivity contribution in [2.24, 2.45) is 0 Å². The second kappa shape index (κ2) is 6.35. The van der Waals surface area contributed by atoms with E-state index >= 15 is 0 Å². The lowest BCUT2D eigenvalue weighted by Crippen LogP contribution is -2.38. The van der Waals surface area contributed by atoms with Gasteiger partial charge >= 0.3 is 5.97 Å². The molecule has 2 heterocycles. The Bertz CT molecular complexity index is 386. The van der Waals surface area contributed by atoms with Crippen molar-refractivity contribution in [2.45, 2.75) is 25.8 Å². The zero-order valence-electron chi connectivity index (χ0n) is 10.6. The molecule has 0 aliphatic carbocycles. The molecule has 1 atom stereocenters. The van der Waals surface area contributed by atoms with Gasteiger partial charge in [0.1, 0.15) is 5.82 Å². The molecular weight excluding hydrogens is 230 g/mol. The van der Waals surface area contributed by atoms with Gasteiger partial charge < -0.3 is 15.4 Å². The van der Waals surface area contributed by atoms with Crippen molar-refractivity contribution in [1.29, 1.82) is 0 Å². The van der Waals surface area contributed by atoms with Crippen LogP contribution in [0, 0.1) is 0 Å². The summed E-state index contributed by atoms with van der Waals surface area (Å²) in [6.45, 7) is 4.22. The van der Waals surface area contributed by atoms with Crippen LogP contribution in [0.5, 0.6) is 0 Å². The third-order valence-corrected chi connectivity index (χ3v) is 2.92. The fraction of sp³-hybridized carbons (Fsp3) is 0.538. The van der Waals surface area contributed by atoms with Crippen molar-refractivity contribution in [2.75, 3.05) is 25.0 Å². The van der Waals surface area contributed by atoms with E-state index in [4.69, 9.17) is 4.74 Å². The van der Waals surface area contributed by atoms with Gasteiger partial charge in [-0.3, -0.25) is 0 Å². The summed E-state index contributed by atoms with van der Waals surface area (Å²) >= 11 is 0. The molecule has 1 unspecified atom stereocenters. The summed E-state index contributed by atoms with van der Waals surface area (Å²) in [4.78, 5) is 15.7. The maximum Gasteiger partial charge on any atom is 0.339 e. The number of rotatable bonds is 4. The summed E-state index contributed by atoms with van der Waals surface area (Å²) in [6.07, 6.45) is 3.88. The molecule has 0 spiro atoms. The van der Waals surface area contributed by atoms with Crippen LogP contribution in [0.3, 0.4) is 0 Å². The van der Waals surface area contributed by atoms with Gasteiger partial charge in [0.05, 0.1) is 12.2 Å². The average Bonchev–Trinajstić information content (AvgIpc) is 2.41. The van der Waals surface area contributed by atoms with E-state index in [9.17, 15) is 4.79 Å². The molecule has 0 radical (unpaired) electrons. The number of esters is 1. The molecule has 5 heteroatoms. The minimum atomic E-state index is -0.323. The van der Waals surface area contributed by atoms with Crippen LogP contribution in [-0.2, 0) is 4.74 Å². The quantitative estimate of drug-likeness (QED) is 0.790. The molecule has 2 rings (SSSR count). The molecule has 0 amide bonds. The van der Waals surface area contributed by atoms with Gasteiger partial charge in [-0.2, -0.15) is 0 Å². The summed E-state index contributed by atoms with van der Waals surface area (Å²) in [5.41, 5.74) is 0.490. The van der Waals surface area contributed by atoms with Crippen molar-refractivity contribution in [1.82, 2.24) is 10.3 Å². The van der Waals surface area contributed by atoms with Crippen molar-refractivity contribution >= 4 is 11.8 Å². The van der Waals surface area contributed by atoms with Crippen LogP contribution in [0.4, 0.5) is 5.82 Å². The van der Waals surface area contributed by atoms with Gasteiger partial charge in [0.15, 0.2) is 0 Å². The van der Waals surface area contributed by atoms with Gasteiger partial charge in [0.25, 0.3) is 0 Å². The zero-order chi connectivity index (χ0) is 12.8. The third kappa shape index (κ3) is 3.43. The maximum absolute atomic E-state index is 11.5. The molecule has 0 aromatic carbocycles. The minimum absolute atomic E-state index is 0.323. The highest BCUT2D eigenvalue weighted by Gasteiger charge is 2.13. The summed E-state index contributed by atoms with van der Waals surface area (Å²) in [5.74, 6) is 0.479. The number of anilines is 1. The van der Waals surface area contributed by atoms with Gasteiger partial charge in [-0.1, -0.05) is 0 Å². The molecule has 5 nitrogen and oxygen atoms in total. The van der Waals surface area contributed by atoms with E-state index in [2.05, 4.69) is 15.6 Å². The number of aromatic nitrogens is 1. The highest BCUT2D eigenvalue weighted by Crippen LogP contribution is 2.11. The van der Waals surface area contributed by atoms with Crippen LogP contribution in [0.1, 0.15) is 30.1 Å². The van der Waals surface area contributed by atoms with E-state index in [1.54, 1.807) is 19.2 Å². The van der Waals surface area contributed by atoms with Crippen molar-refractivity contribution < 1.29 is 9.53 Å². The molecule has 1 aromatic heterocycles. The maximum atomic E-state index is 11.5. The summed E-state index contributed by atoms with van der Waals surface area (Å²) in [6, 6.07) is 3.98. The molecule has 1 fully saturated rings. The average molecular weight is 249 g/mol. The van der Waals surface area contributed by atoms with Crippen LogP contribution < -0.4 is 10.6 Å². The number of carbonyl (C=O) groups is 1. The van der Waals surface area contributed by atoms with Crippen molar-refractivity contribution in [3.63, 3.8) is 0 Å². The molecule has 98 valence electrons. The SMILES string of the molecule is CCOC(=O)c1ccc(NC2CCCNC2)nc1. The van der Waals surface area contributed by atoms with Gasteiger partial charge in [0.2, 0.25) is 0 Å². The summed E-state index contributed by atoms with van der Waals surface area (Å²) < 4.78 is 4.91. The fourth-order valence-electron chi connectivity index (χ4n) is 2.00. The highest BCUT2D eigenvalue weighted by atomic mass is 16.5. The number of ether oxygens (including phenoxy) is 1. The molecule has 1 aromatic rings. The van der Waals surface area contributed by atoms with Crippen LogP contribution in [-0.4, -0.2) is 36.7 Å². The number of carbonyl (C=O) groups excluding carboxylic acids is 1. The monoisotopic (exact) mass is 249 g/mol. The standard InChI is InChI=1S/C13H19N3O2/c1-2-18-13(17)10-5-6-12(15-8-10)16-11-4-3-7-14-9-11/h5-6,8,11,14H,2-4,7,9H2,1H3,(H,15,16). The first kappa shape index (κ1) is 12.8. The first-order valence-electron chi connectivity index (χ1n) is 6.40. The van der Waals surface area contributed by atoms with E-state index in [1.165, 1.54) is 6.42 Å². The Morgan fingerprint density at radius 1 is 1.61 bits per heavy atom. The predicted octanol–water partition coefficient (Wildman–Crippen LogP) is 1.42. The number of hydrogen-bond acceptors (Lipinski definition) is 5. The molecule has 18 heavy (non-hydrogen) atoms. The Morgan fingerprint density at radius 2 is 2.50 bits per heavy atom. The number of nitrogens with one attached hydrogen (secondary N) is 2. The van der Waals surface area contributed by atoms with E-state index in [0.29, 0.717) is 18.2 Å². The van der Waals surface area contributed by atoms with Gasteiger partial charge in [-0.05, 0) is 38.4 Å². The van der Waals surface area contributed by atoms with Crippen LogP contribution in [0.2, 0.25) is 0 Å². The molecule has 0 saturated carbocycles. The smallest absolute Gasteiger partial charge is 0.339 e. The largest absolute Gasteiger partial charge is 0.462 e. The Hall–Kier alpha value is -1.62. The molecular formula is C13H19N3O2. The van der Waals surface area contributed by atoms with E-state index in [-0.39, 0.29) is 5.97 Å². The number of pyridine rings is 1. The fourth-order valence-corrected chi connectivity index (χ4v) is 2.00. The topological polar surface area (TPSA) is 63.2 Å². The molecule has 1 aliphatic rings. The minimum Gasteiger partial charge on any atom is -0.462 e. The molecule has 0 bridgehead atoms. The Kier molecular flexibility index (Phi) is 4.52. The van der Waals surface area contributed by atoms with Crippen LogP contribution in [0.25, 0.3) is 0 Å². The lowest BCUT2D eigenvalue weighted by Gasteiger charge is -2.24. The van der Waals surface area contributed by atoms with Crippen LogP contribution >= 0.6 is 0 Å². The molecule has 1 saturated heterocycles. The summed E-state index contributed by atoms with van der Waals surface area (Å²) in [5, 5.41) is 6.69. The zero-order valence-corrected chi connectivity index (χ0v) is 10.6. The Balaban J connectivity index is 1.92. The lowest BCUT2D eigenvalue weighted by atomic mass is 10.1. The first-order chi connectivity index (χ1) is 8.79. The van der Waals surface area contributed by atoms with Crippen molar-refractivity contribution in [3.8, 4) is 0 Å². The second-order valence-corrected chi connectivity index (χ2v) is 4.34. The predicted molar refractivity (Wildman–Crippen MR) is 69.7 cm³/mol. The van der Waals surface area contributed by atoms with E-state index in [1.807, 2.05) is 6.07 Å². The lowest BCUT2D eigenvalue weighted by molar-refractivity contribution is 0.0526. The first-order valence-corrected chi connectivity index (χ1v) is 6.40. The molecule has 2 N–H and O–H groups in total. The Morgan fingerprint density at radius 3 is 3.11 bits per heavy atom. The van der Waals surface area contributed by atoms with Crippen molar-refractivity contribution in [3.05, 3.63) is 23.9 Å². The van der Waals surface area contributed by atoms with E-state index in [0.717, 1.165) is 25.3 Å². The highest BCUT2D eigenvalue weighted by molar-refractivity contribution is 5.89. The van der Waals surface area contributed by atoms with Gasteiger partial charge in [-0.25, -0.2) is 9.78 Å².